The van der Waals surface area contributed by atoms with Crippen LogP contribution in [-0.4, -0.2) is 25.0 Å². The van der Waals surface area contributed by atoms with E-state index in [0.29, 0.717) is 12.0 Å². The average molecular weight is 255 g/mol. The number of furan rings is 1. The monoisotopic (exact) mass is 255 g/mol. The van der Waals surface area contributed by atoms with E-state index in [-0.39, 0.29) is 6.10 Å². The van der Waals surface area contributed by atoms with Crippen molar-refractivity contribution in [1.29, 1.82) is 0 Å². The highest BCUT2D eigenvalue weighted by atomic mass is 16.5. The summed E-state index contributed by atoms with van der Waals surface area (Å²) in [4.78, 5) is 4.80. The maximum atomic E-state index is 5.83. The third kappa shape index (κ3) is 1.29. The standard InChI is InChI=1S/C16H17NO2/c1-7-9(3)19-11-6-5-10-13(12(7)11)8(2)17-15-14(10)16(15)18-4/h5-6,14-16H,1-4H3. The molecule has 0 bridgehead atoms. The molecule has 4 rings (SSSR count). The van der Waals surface area contributed by atoms with Crippen LogP contribution in [0.1, 0.15) is 35.3 Å². The van der Waals surface area contributed by atoms with E-state index >= 15 is 0 Å². The predicted molar refractivity (Wildman–Crippen MR) is 75.2 cm³/mol. The first kappa shape index (κ1) is 11.2. The molecule has 98 valence electrons. The summed E-state index contributed by atoms with van der Waals surface area (Å²) in [6.07, 6.45) is 0.252. The Hall–Kier alpha value is -1.61. The fraction of sp³-hybridized carbons (Fsp3) is 0.438. The molecule has 19 heavy (non-hydrogen) atoms. The largest absolute Gasteiger partial charge is 0.461 e. The highest BCUT2D eigenvalue weighted by molar-refractivity contribution is 6.12. The fourth-order valence-corrected chi connectivity index (χ4v) is 3.50. The maximum Gasteiger partial charge on any atom is 0.135 e. The molecule has 0 radical (unpaired) electrons. The van der Waals surface area contributed by atoms with Gasteiger partial charge in [-0.05, 0) is 38.0 Å². The molecule has 0 amide bonds. The molecule has 1 saturated carbocycles. The number of rotatable bonds is 1. The number of aryl methyl sites for hydroxylation is 2. The number of aliphatic imine (C=N–C) groups is 1. The van der Waals surface area contributed by atoms with Crippen LogP contribution >= 0.6 is 0 Å². The van der Waals surface area contributed by atoms with Crippen LogP contribution in [0.2, 0.25) is 0 Å². The fourth-order valence-electron chi connectivity index (χ4n) is 3.50. The highest BCUT2D eigenvalue weighted by Crippen LogP contribution is 2.51. The highest BCUT2D eigenvalue weighted by Gasteiger charge is 2.55. The molecule has 3 heteroatoms. The predicted octanol–water partition coefficient (Wildman–Crippen LogP) is 3.35. The molecule has 1 aromatic heterocycles. The zero-order valence-electron chi connectivity index (χ0n) is 11.7. The summed E-state index contributed by atoms with van der Waals surface area (Å²) in [6.45, 7) is 6.25. The summed E-state index contributed by atoms with van der Waals surface area (Å²) in [5, 5.41) is 1.23. The second-order valence-corrected chi connectivity index (χ2v) is 5.62. The van der Waals surface area contributed by atoms with Crippen LogP contribution in [-0.2, 0) is 4.74 Å². The first-order valence-corrected chi connectivity index (χ1v) is 6.73. The van der Waals surface area contributed by atoms with Crippen LogP contribution in [0.15, 0.2) is 21.5 Å². The third-order valence-corrected chi connectivity index (χ3v) is 4.62. The van der Waals surface area contributed by atoms with Crippen LogP contribution in [0.4, 0.5) is 0 Å². The second-order valence-electron chi connectivity index (χ2n) is 5.62. The van der Waals surface area contributed by atoms with E-state index in [1.807, 2.05) is 6.92 Å². The minimum absolute atomic E-state index is 0.252. The Labute approximate surface area is 112 Å². The molecule has 0 spiro atoms. The number of nitrogens with zero attached hydrogens (tertiary/aromatic N) is 1. The van der Waals surface area contributed by atoms with Gasteiger partial charge in [-0.2, -0.15) is 0 Å². The number of hydrogen-bond acceptors (Lipinski definition) is 3. The first-order chi connectivity index (χ1) is 9.13. The summed E-state index contributed by atoms with van der Waals surface area (Å²) in [5.41, 5.74) is 5.96. The van der Waals surface area contributed by atoms with Crippen LogP contribution < -0.4 is 0 Å². The molecule has 2 aromatic rings. The summed E-state index contributed by atoms with van der Waals surface area (Å²) in [6, 6.07) is 4.60. The van der Waals surface area contributed by atoms with Gasteiger partial charge in [0.05, 0.1) is 12.1 Å². The zero-order valence-corrected chi connectivity index (χ0v) is 11.7. The minimum atomic E-state index is 0.252. The second kappa shape index (κ2) is 3.48. The Morgan fingerprint density at radius 3 is 2.74 bits per heavy atom. The zero-order chi connectivity index (χ0) is 13.3. The Balaban J connectivity index is 2.05. The van der Waals surface area contributed by atoms with Crippen LogP contribution in [0, 0.1) is 13.8 Å². The van der Waals surface area contributed by atoms with E-state index in [9.17, 15) is 0 Å². The van der Waals surface area contributed by atoms with E-state index in [1.54, 1.807) is 7.11 Å². The van der Waals surface area contributed by atoms with Gasteiger partial charge >= 0.3 is 0 Å². The topological polar surface area (TPSA) is 34.7 Å². The molecule has 3 nitrogen and oxygen atoms in total. The van der Waals surface area contributed by atoms with E-state index in [1.165, 1.54) is 22.1 Å². The van der Waals surface area contributed by atoms with Crippen molar-refractivity contribution in [3.8, 4) is 0 Å². The van der Waals surface area contributed by atoms with Crippen molar-refractivity contribution in [2.75, 3.05) is 7.11 Å². The van der Waals surface area contributed by atoms with Crippen LogP contribution in [0.3, 0.4) is 0 Å². The van der Waals surface area contributed by atoms with Crippen molar-refractivity contribution in [3.63, 3.8) is 0 Å². The molecule has 1 aromatic carbocycles. The molecular weight excluding hydrogens is 238 g/mol. The molecule has 1 aliphatic heterocycles. The van der Waals surface area contributed by atoms with Gasteiger partial charge in [0.15, 0.2) is 0 Å². The third-order valence-electron chi connectivity index (χ3n) is 4.62. The summed E-state index contributed by atoms with van der Waals surface area (Å²) in [7, 11) is 1.78. The van der Waals surface area contributed by atoms with Crippen molar-refractivity contribution < 1.29 is 9.15 Å². The smallest absolute Gasteiger partial charge is 0.135 e. The Bertz CT molecular complexity index is 726. The van der Waals surface area contributed by atoms with Gasteiger partial charge in [0.25, 0.3) is 0 Å². The van der Waals surface area contributed by atoms with E-state index < -0.39 is 0 Å². The number of methoxy groups -OCH3 is 1. The average Bonchev–Trinajstić information content (AvgIpc) is 3.02. The van der Waals surface area contributed by atoms with Gasteiger partial charge in [-0.25, -0.2) is 0 Å². The number of hydrogen-bond donors (Lipinski definition) is 0. The first-order valence-electron chi connectivity index (χ1n) is 6.73. The lowest BCUT2D eigenvalue weighted by Gasteiger charge is -2.14. The van der Waals surface area contributed by atoms with E-state index in [2.05, 4.69) is 26.0 Å². The van der Waals surface area contributed by atoms with Gasteiger partial charge < -0.3 is 9.15 Å². The molecule has 3 unspecified atom stereocenters. The normalized spacial score (nSPS) is 28.0. The van der Waals surface area contributed by atoms with Gasteiger partial charge in [0, 0.05) is 29.7 Å². The Morgan fingerprint density at radius 1 is 1.21 bits per heavy atom. The molecule has 1 aliphatic carbocycles. The molecule has 0 saturated heterocycles. The minimum Gasteiger partial charge on any atom is -0.461 e. The van der Waals surface area contributed by atoms with Crippen molar-refractivity contribution in [1.82, 2.24) is 0 Å². The lowest BCUT2D eigenvalue weighted by Crippen LogP contribution is -2.08. The molecule has 1 fully saturated rings. The molecule has 2 aliphatic rings. The van der Waals surface area contributed by atoms with E-state index in [4.69, 9.17) is 14.1 Å². The van der Waals surface area contributed by atoms with Crippen LogP contribution in [0.5, 0.6) is 0 Å². The maximum absolute atomic E-state index is 5.83. The summed E-state index contributed by atoms with van der Waals surface area (Å²) in [5.74, 6) is 1.43. The summed E-state index contributed by atoms with van der Waals surface area (Å²) < 4.78 is 11.4. The van der Waals surface area contributed by atoms with Gasteiger partial charge in [0.1, 0.15) is 11.3 Å². The summed E-state index contributed by atoms with van der Waals surface area (Å²) >= 11 is 0. The van der Waals surface area contributed by atoms with Crippen LogP contribution in [0.25, 0.3) is 11.0 Å². The molecule has 0 N–H and O–H groups in total. The van der Waals surface area contributed by atoms with Gasteiger partial charge in [-0.3, -0.25) is 4.99 Å². The number of fused-ring (bicyclic) bond motifs is 5. The van der Waals surface area contributed by atoms with Gasteiger partial charge in [-0.15, -0.1) is 0 Å². The lowest BCUT2D eigenvalue weighted by atomic mass is 9.92. The number of ether oxygens (including phenoxy) is 1. The van der Waals surface area contributed by atoms with Gasteiger partial charge in [-0.1, -0.05) is 6.07 Å². The van der Waals surface area contributed by atoms with E-state index in [0.717, 1.165) is 17.1 Å². The SMILES string of the molecule is COC1C2N=C(C)c3c(ccc4oc(C)c(C)c34)C21. The lowest BCUT2D eigenvalue weighted by molar-refractivity contribution is 0.174. The molecule has 3 atom stereocenters. The molecule has 2 heterocycles. The number of benzene rings is 1. The van der Waals surface area contributed by atoms with Gasteiger partial charge in [0.2, 0.25) is 0 Å². The molecular formula is C16H17NO2. The Morgan fingerprint density at radius 2 is 2.00 bits per heavy atom. The van der Waals surface area contributed by atoms with Crippen molar-refractivity contribution >= 4 is 16.7 Å². The quantitative estimate of drug-likeness (QED) is 0.783. The van der Waals surface area contributed by atoms with Crippen molar-refractivity contribution in [2.45, 2.75) is 38.8 Å². The van der Waals surface area contributed by atoms with Crippen molar-refractivity contribution in [2.24, 2.45) is 4.99 Å². The Kier molecular flexibility index (Phi) is 2.06. The van der Waals surface area contributed by atoms with Crippen molar-refractivity contribution in [3.05, 3.63) is 34.6 Å².